The third-order valence-corrected chi connectivity index (χ3v) is 5.57. The fraction of sp³-hybridized carbons (Fsp3) is 0.188. The van der Waals surface area contributed by atoms with E-state index in [0.29, 0.717) is 11.8 Å². The molecule has 1 heterocycles. The number of thiazole rings is 1. The number of aromatic nitrogens is 1. The van der Waals surface area contributed by atoms with Crippen LogP contribution in [0.15, 0.2) is 58.9 Å². The summed E-state index contributed by atoms with van der Waals surface area (Å²) in [4.78, 5) is 4.70. The molecule has 0 aliphatic heterocycles. The van der Waals surface area contributed by atoms with Gasteiger partial charge in [-0.2, -0.15) is 0 Å². The number of para-hydroxylation sites is 1. The number of thioether (sulfide) groups is 1. The van der Waals surface area contributed by atoms with Crippen LogP contribution in [0.4, 0.5) is 0 Å². The van der Waals surface area contributed by atoms with Crippen molar-refractivity contribution >= 4 is 33.3 Å². The lowest BCUT2D eigenvalue weighted by Crippen LogP contribution is -2.04. The minimum Gasteiger partial charge on any atom is -0.330 e. The molecule has 0 aliphatic rings. The molecule has 3 rings (SSSR count). The third-order valence-electron chi connectivity index (χ3n) is 3.12. The second-order valence-corrected chi connectivity index (χ2v) is 7.02. The SMILES string of the molecule is NCCC(Sc1nc2ccccc2s1)c1ccccc1. The number of hydrogen-bond acceptors (Lipinski definition) is 4. The quantitative estimate of drug-likeness (QED) is 0.706. The van der Waals surface area contributed by atoms with Gasteiger partial charge in [0.05, 0.1) is 10.2 Å². The normalized spacial score (nSPS) is 12.7. The monoisotopic (exact) mass is 300 g/mol. The highest BCUT2D eigenvalue weighted by Crippen LogP contribution is 2.40. The van der Waals surface area contributed by atoms with Crippen LogP contribution in [0.1, 0.15) is 17.2 Å². The van der Waals surface area contributed by atoms with Gasteiger partial charge in [0, 0.05) is 5.25 Å². The summed E-state index contributed by atoms with van der Waals surface area (Å²) in [6.45, 7) is 0.692. The number of nitrogens with zero attached hydrogens (tertiary/aromatic N) is 1. The van der Waals surface area contributed by atoms with E-state index in [-0.39, 0.29) is 0 Å². The maximum absolute atomic E-state index is 5.77. The fourth-order valence-corrected chi connectivity index (χ4v) is 4.58. The topological polar surface area (TPSA) is 38.9 Å². The van der Waals surface area contributed by atoms with Gasteiger partial charge in [0.2, 0.25) is 0 Å². The van der Waals surface area contributed by atoms with Gasteiger partial charge in [0.25, 0.3) is 0 Å². The van der Waals surface area contributed by atoms with Crippen LogP contribution in [0.25, 0.3) is 10.2 Å². The van der Waals surface area contributed by atoms with Crippen molar-refractivity contribution in [2.24, 2.45) is 5.73 Å². The zero-order chi connectivity index (χ0) is 13.8. The van der Waals surface area contributed by atoms with E-state index < -0.39 is 0 Å². The highest BCUT2D eigenvalue weighted by Gasteiger charge is 2.14. The molecule has 0 radical (unpaired) electrons. The molecule has 0 fully saturated rings. The summed E-state index contributed by atoms with van der Waals surface area (Å²) in [6, 6.07) is 18.8. The molecule has 0 aliphatic carbocycles. The predicted molar refractivity (Wildman–Crippen MR) is 88.3 cm³/mol. The number of fused-ring (bicyclic) bond motifs is 1. The summed E-state index contributed by atoms with van der Waals surface area (Å²) in [7, 11) is 0. The van der Waals surface area contributed by atoms with Crippen molar-refractivity contribution in [2.45, 2.75) is 16.0 Å². The van der Waals surface area contributed by atoms with Crippen LogP contribution in [0.2, 0.25) is 0 Å². The first-order valence-electron chi connectivity index (χ1n) is 6.64. The van der Waals surface area contributed by atoms with E-state index in [9.17, 15) is 0 Å². The van der Waals surface area contributed by atoms with Crippen LogP contribution in [0.5, 0.6) is 0 Å². The lowest BCUT2D eigenvalue weighted by Gasteiger charge is -2.14. The van der Waals surface area contributed by atoms with E-state index in [1.807, 2.05) is 23.9 Å². The fourth-order valence-electron chi connectivity index (χ4n) is 2.14. The molecule has 20 heavy (non-hydrogen) atoms. The third kappa shape index (κ3) is 3.03. The number of hydrogen-bond donors (Lipinski definition) is 1. The molecule has 2 aromatic carbocycles. The van der Waals surface area contributed by atoms with Gasteiger partial charge in [-0.05, 0) is 30.7 Å². The van der Waals surface area contributed by atoms with E-state index >= 15 is 0 Å². The van der Waals surface area contributed by atoms with Crippen molar-refractivity contribution in [3.63, 3.8) is 0 Å². The molecular formula is C16H16N2S2. The Morgan fingerprint density at radius 3 is 2.55 bits per heavy atom. The van der Waals surface area contributed by atoms with Gasteiger partial charge in [0.1, 0.15) is 0 Å². The van der Waals surface area contributed by atoms with Crippen molar-refractivity contribution < 1.29 is 0 Å². The molecule has 102 valence electrons. The lowest BCUT2D eigenvalue weighted by molar-refractivity contribution is 0.814. The van der Waals surface area contributed by atoms with E-state index in [1.165, 1.54) is 10.3 Å². The zero-order valence-corrected chi connectivity index (χ0v) is 12.7. The Morgan fingerprint density at radius 2 is 1.80 bits per heavy atom. The van der Waals surface area contributed by atoms with Crippen LogP contribution in [-0.2, 0) is 0 Å². The van der Waals surface area contributed by atoms with E-state index in [4.69, 9.17) is 10.7 Å². The van der Waals surface area contributed by atoms with E-state index in [2.05, 4.69) is 42.5 Å². The first-order chi connectivity index (χ1) is 9.86. The molecule has 0 saturated carbocycles. The molecular weight excluding hydrogens is 284 g/mol. The van der Waals surface area contributed by atoms with Crippen molar-refractivity contribution in [3.05, 3.63) is 60.2 Å². The molecule has 2 nitrogen and oxygen atoms in total. The molecule has 4 heteroatoms. The largest absolute Gasteiger partial charge is 0.330 e. The minimum atomic E-state index is 0.377. The summed E-state index contributed by atoms with van der Waals surface area (Å²) in [5.74, 6) is 0. The molecule has 0 saturated heterocycles. The van der Waals surface area contributed by atoms with Crippen molar-refractivity contribution in [3.8, 4) is 0 Å². The molecule has 2 N–H and O–H groups in total. The summed E-state index contributed by atoms with van der Waals surface area (Å²) in [5.41, 5.74) is 8.17. The summed E-state index contributed by atoms with van der Waals surface area (Å²) < 4.78 is 2.36. The van der Waals surface area contributed by atoms with Crippen molar-refractivity contribution in [2.75, 3.05) is 6.54 Å². The Balaban J connectivity index is 1.86. The van der Waals surface area contributed by atoms with Crippen LogP contribution in [0, 0.1) is 0 Å². The second-order valence-electron chi connectivity index (χ2n) is 4.54. The molecule has 1 aromatic heterocycles. The highest BCUT2D eigenvalue weighted by molar-refractivity contribution is 8.01. The molecule has 0 spiro atoms. The maximum Gasteiger partial charge on any atom is 0.151 e. The summed E-state index contributed by atoms with van der Waals surface area (Å²) in [5, 5.41) is 0.377. The predicted octanol–water partition coefficient (Wildman–Crippen LogP) is 4.48. The molecule has 1 unspecified atom stereocenters. The Kier molecular flexibility index (Phi) is 4.35. The first kappa shape index (κ1) is 13.6. The van der Waals surface area contributed by atoms with Gasteiger partial charge in [0.15, 0.2) is 4.34 Å². The van der Waals surface area contributed by atoms with Crippen LogP contribution in [0.3, 0.4) is 0 Å². The molecule has 3 aromatic rings. The molecule has 0 bridgehead atoms. The second kappa shape index (κ2) is 6.39. The van der Waals surface area contributed by atoms with Crippen molar-refractivity contribution in [1.82, 2.24) is 4.98 Å². The smallest absolute Gasteiger partial charge is 0.151 e. The number of rotatable bonds is 5. The van der Waals surface area contributed by atoms with E-state index in [0.717, 1.165) is 16.3 Å². The Bertz CT molecular complexity index is 646. The minimum absolute atomic E-state index is 0.377. The summed E-state index contributed by atoms with van der Waals surface area (Å²) in [6.07, 6.45) is 0.963. The van der Waals surface area contributed by atoms with Crippen LogP contribution in [-0.4, -0.2) is 11.5 Å². The number of nitrogens with two attached hydrogens (primary N) is 1. The first-order valence-corrected chi connectivity index (χ1v) is 8.33. The highest BCUT2D eigenvalue weighted by atomic mass is 32.2. The van der Waals surface area contributed by atoms with Gasteiger partial charge >= 0.3 is 0 Å². The Morgan fingerprint density at radius 1 is 1.05 bits per heavy atom. The standard InChI is InChI=1S/C16H16N2S2/c17-11-10-14(12-6-2-1-3-7-12)19-16-18-13-8-4-5-9-15(13)20-16/h1-9,14H,10-11,17H2. The number of benzene rings is 2. The average molecular weight is 300 g/mol. The maximum atomic E-state index is 5.77. The van der Waals surface area contributed by atoms with Gasteiger partial charge < -0.3 is 5.73 Å². The zero-order valence-electron chi connectivity index (χ0n) is 11.0. The van der Waals surface area contributed by atoms with Crippen LogP contribution < -0.4 is 5.73 Å². The molecule has 0 amide bonds. The van der Waals surface area contributed by atoms with Gasteiger partial charge in [-0.1, -0.05) is 54.2 Å². The summed E-state index contributed by atoms with van der Waals surface area (Å²) >= 11 is 3.58. The Labute approximate surface area is 127 Å². The Hall–Kier alpha value is -1.36. The van der Waals surface area contributed by atoms with Gasteiger partial charge in [-0.3, -0.25) is 0 Å². The lowest BCUT2D eigenvalue weighted by atomic mass is 10.1. The van der Waals surface area contributed by atoms with Crippen LogP contribution >= 0.6 is 23.1 Å². The average Bonchev–Trinajstić information content (AvgIpc) is 2.90. The van der Waals surface area contributed by atoms with E-state index in [1.54, 1.807) is 11.3 Å². The van der Waals surface area contributed by atoms with Gasteiger partial charge in [-0.25, -0.2) is 4.98 Å². The molecule has 1 atom stereocenters. The van der Waals surface area contributed by atoms with Gasteiger partial charge in [-0.15, -0.1) is 11.3 Å². The van der Waals surface area contributed by atoms with Crippen molar-refractivity contribution in [1.29, 1.82) is 0 Å².